The highest BCUT2D eigenvalue weighted by molar-refractivity contribution is 5.97. The van der Waals surface area contributed by atoms with Crippen molar-refractivity contribution in [3.05, 3.63) is 106 Å². The molecule has 0 saturated heterocycles. The van der Waals surface area contributed by atoms with Crippen LogP contribution in [0.2, 0.25) is 0 Å². The van der Waals surface area contributed by atoms with Crippen molar-refractivity contribution < 1.29 is 4.79 Å². The number of hydrogen-bond acceptors (Lipinski definition) is 1. The maximum absolute atomic E-state index is 13.6. The van der Waals surface area contributed by atoms with E-state index in [1.165, 1.54) is 16.5 Å². The number of aryl methyl sites for hydroxylation is 2. The van der Waals surface area contributed by atoms with Gasteiger partial charge in [0.05, 0.1) is 6.04 Å². The van der Waals surface area contributed by atoms with Gasteiger partial charge in [0.1, 0.15) is 0 Å². The predicted molar refractivity (Wildman–Crippen MR) is 117 cm³/mol. The molecule has 1 unspecified atom stereocenters. The third kappa shape index (κ3) is 2.94. The van der Waals surface area contributed by atoms with Crippen LogP contribution in [0.3, 0.4) is 0 Å². The first-order chi connectivity index (χ1) is 14.1. The fraction of sp³-hybridized carbons (Fsp3) is 0.192. The third-order valence-corrected chi connectivity index (χ3v) is 6.03. The van der Waals surface area contributed by atoms with E-state index in [0.717, 1.165) is 34.3 Å². The minimum atomic E-state index is -0.113. The van der Waals surface area contributed by atoms with Crippen molar-refractivity contribution in [2.24, 2.45) is 0 Å². The fourth-order valence-corrected chi connectivity index (χ4v) is 4.61. The number of para-hydroxylation sites is 1. The molecule has 2 heterocycles. The first-order valence-corrected chi connectivity index (χ1v) is 10.2. The molecule has 0 fully saturated rings. The van der Waals surface area contributed by atoms with E-state index in [1.54, 1.807) is 0 Å². The van der Waals surface area contributed by atoms with Crippen LogP contribution in [0, 0.1) is 13.8 Å². The molecule has 1 amide bonds. The predicted octanol–water partition coefficient (Wildman–Crippen LogP) is 5.57. The zero-order valence-corrected chi connectivity index (χ0v) is 16.8. The van der Waals surface area contributed by atoms with Gasteiger partial charge in [-0.1, -0.05) is 66.2 Å². The lowest BCUT2D eigenvalue weighted by molar-refractivity contribution is 0.0691. The number of fused-ring (bicyclic) bond motifs is 3. The first kappa shape index (κ1) is 17.7. The fourth-order valence-electron chi connectivity index (χ4n) is 4.61. The summed E-state index contributed by atoms with van der Waals surface area (Å²) in [6, 6.07) is 24.7. The Labute approximate surface area is 171 Å². The third-order valence-electron chi connectivity index (χ3n) is 6.03. The van der Waals surface area contributed by atoms with Gasteiger partial charge in [-0.25, -0.2) is 0 Å². The normalized spacial score (nSPS) is 16.1. The zero-order chi connectivity index (χ0) is 20.0. The van der Waals surface area contributed by atoms with E-state index in [1.807, 2.05) is 36.1 Å². The molecule has 3 heteroatoms. The summed E-state index contributed by atoms with van der Waals surface area (Å²) in [6.07, 6.45) is 0.860. The first-order valence-electron chi connectivity index (χ1n) is 10.2. The number of nitrogens with zero attached hydrogens (tertiary/aromatic N) is 1. The van der Waals surface area contributed by atoms with Crippen LogP contribution >= 0.6 is 0 Å². The molecule has 29 heavy (non-hydrogen) atoms. The molecule has 1 aliphatic heterocycles. The highest BCUT2D eigenvalue weighted by Gasteiger charge is 2.35. The molecular formula is C26H24N2O. The van der Waals surface area contributed by atoms with E-state index in [9.17, 15) is 4.79 Å². The Bertz CT molecular complexity index is 1220. The van der Waals surface area contributed by atoms with Crippen molar-refractivity contribution >= 4 is 16.8 Å². The maximum atomic E-state index is 13.6. The second kappa shape index (κ2) is 6.93. The van der Waals surface area contributed by atoms with Crippen LogP contribution in [0.4, 0.5) is 0 Å². The van der Waals surface area contributed by atoms with Crippen molar-refractivity contribution in [1.29, 1.82) is 0 Å². The Morgan fingerprint density at radius 2 is 1.76 bits per heavy atom. The lowest BCUT2D eigenvalue weighted by Gasteiger charge is -2.36. The summed E-state index contributed by atoms with van der Waals surface area (Å²) < 4.78 is 0. The SMILES string of the molecule is Cc1cccc(C2c3[nH]c4ccccc4c3CCN2C(=O)c2ccccc2C)c1. The topological polar surface area (TPSA) is 36.1 Å². The zero-order valence-electron chi connectivity index (χ0n) is 16.8. The van der Waals surface area contributed by atoms with Crippen molar-refractivity contribution in [1.82, 2.24) is 9.88 Å². The molecule has 144 valence electrons. The molecule has 0 bridgehead atoms. The van der Waals surface area contributed by atoms with E-state index in [-0.39, 0.29) is 11.9 Å². The van der Waals surface area contributed by atoms with E-state index >= 15 is 0 Å². The van der Waals surface area contributed by atoms with E-state index in [4.69, 9.17) is 0 Å². The highest BCUT2D eigenvalue weighted by Crippen LogP contribution is 2.39. The number of H-pyrrole nitrogens is 1. The van der Waals surface area contributed by atoms with Crippen molar-refractivity contribution in [2.75, 3.05) is 6.54 Å². The number of nitrogens with one attached hydrogen (secondary N) is 1. The largest absolute Gasteiger partial charge is 0.356 e. The number of aromatic nitrogens is 1. The standard InChI is InChI=1S/C26H24N2O/c1-17-8-7-10-19(16-17)25-24-22(21-12-5-6-13-23(21)27-24)14-15-28(25)26(29)20-11-4-3-9-18(20)2/h3-13,16,25,27H,14-15H2,1-2H3. The van der Waals surface area contributed by atoms with E-state index < -0.39 is 0 Å². The van der Waals surface area contributed by atoms with Crippen molar-refractivity contribution in [2.45, 2.75) is 26.3 Å². The van der Waals surface area contributed by atoms with Gasteiger partial charge in [-0.05, 0) is 49.1 Å². The number of carbonyl (C=O) groups is 1. The van der Waals surface area contributed by atoms with Crippen LogP contribution < -0.4 is 0 Å². The molecular weight excluding hydrogens is 356 g/mol. The Hall–Kier alpha value is -3.33. The molecule has 1 aromatic heterocycles. The van der Waals surface area contributed by atoms with Gasteiger partial charge >= 0.3 is 0 Å². The van der Waals surface area contributed by atoms with Crippen molar-refractivity contribution in [3.63, 3.8) is 0 Å². The number of aromatic amines is 1. The van der Waals surface area contributed by atoms with Gasteiger partial charge in [0.15, 0.2) is 0 Å². The van der Waals surface area contributed by atoms with Gasteiger partial charge in [0.2, 0.25) is 0 Å². The van der Waals surface area contributed by atoms with Crippen LogP contribution in [0.25, 0.3) is 10.9 Å². The van der Waals surface area contributed by atoms with Crippen LogP contribution in [-0.2, 0) is 6.42 Å². The molecule has 3 nitrogen and oxygen atoms in total. The Balaban J connectivity index is 1.69. The summed E-state index contributed by atoms with van der Waals surface area (Å²) in [7, 11) is 0. The summed E-state index contributed by atoms with van der Waals surface area (Å²) in [5.74, 6) is 0.0962. The molecule has 1 aliphatic rings. The van der Waals surface area contributed by atoms with Crippen LogP contribution in [0.1, 0.15) is 44.3 Å². The maximum Gasteiger partial charge on any atom is 0.254 e. The second-order valence-corrected chi connectivity index (χ2v) is 7.94. The summed E-state index contributed by atoms with van der Waals surface area (Å²) >= 11 is 0. The van der Waals surface area contributed by atoms with Crippen LogP contribution in [0.15, 0.2) is 72.8 Å². The molecule has 0 radical (unpaired) electrons. The van der Waals surface area contributed by atoms with Gasteiger partial charge in [0.25, 0.3) is 5.91 Å². The molecule has 4 aromatic rings. The van der Waals surface area contributed by atoms with E-state index in [2.05, 4.69) is 60.4 Å². The van der Waals surface area contributed by atoms with Gasteiger partial charge in [-0.15, -0.1) is 0 Å². The average molecular weight is 380 g/mol. The summed E-state index contributed by atoms with van der Waals surface area (Å²) in [5.41, 5.74) is 7.77. The lowest BCUT2D eigenvalue weighted by Crippen LogP contribution is -2.40. The molecule has 0 spiro atoms. The lowest BCUT2D eigenvalue weighted by atomic mass is 9.91. The molecule has 0 aliphatic carbocycles. The van der Waals surface area contributed by atoms with Crippen LogP contribution in [0.5, 0.6) is 0 Å². The number of hydrogen-bond donors (Lipinski definition) is 1. The van der Waals surface area contributed by atoms with Crippen molar-refractivity contribution in [3.8, 4) is 0 Å². The number of rotatable bonds is 2. The molecule has 5 rings (SSSR count). The van der Waals surface area contributed by atoms with Gasteiger partial charge in [-0.2, -0.15) is 0 Å². The highest BCUT2D eigenvalue weighted by atomic mass is 16.2. The minimum Gasteiger partial charge on any atom is -0.356 e. The Morgan fingerprint density at radius 3 is 2.59 bits per heavy atom. The quantitative estimate of drug-likeness (QED) is 0.485. The molecule has 0 saturated carbocycles. The number of amides is 1. The Kier molecular flexibility index (Phi) is 4.24. The Morgan fingerprint density at radius 1 is 0.966 bits per heavy atom. The number of carbonyl (C=O) groups excluding carboxylic acids is 1. The molecule has 3 aromatic carbocycles. The monoisotopic (exact) mass is 380 g/mol. The molecule has 1 N–H and O–H groups in total. The summed E-state index contributed by atoms with van der Waals surface area (Å²) in [6.45, 7) is 4.82. The number of benzene rings is 3. The summed E-state index contributed by atoms with van der Waals surface area (Å²) in [4.78, 5) is 19.3. The molecule has 1 atom stereocenters. The van der Waals surface area contributed by atoms with Gasteiger partial charge in [0, 0.05) is 28.7 Å². The summed E-state index contributed by atoms with van der Waals surface area (Å²) in [5, 5.41) is 1.27. The van der Waals surface area contributed by atoms with Gasteiger partial charge in [-0.3, -0.25) is 4.79 Å². The minimum absolute atomic E-state index is 0.0962. The van der Waals surface area contributed by atoms with E-state index in [0.29, 0.717) is 6.54 Å². The smallest absolute Gasteiger partial charge is 0.254 e. The average Bonchev–Trinajstić information content (AvgIpc) is 3.11. The van der Waals surface area contributed by atoms with Gasteiger partial charge < -0.3 is 9.88 Å². The second-order valence-electron chi connectivity index (χ2n) is 7.94. The van der Waals surface area contributed by atoms with Crippen LogP contribution in [-0.4, -0.2) is 22.3 Å².